The number of aliphatic hydroxyl groups is 2. The number of carbonyl (C=O) groups is 2. The fourth-order valence-corrected chi connectivity index (χ4v) is 7.12. The van der Waals surface area contributed by atoms with Crippen molar-refractivity contribution in [3.63, 3.8) is 0 Å². The van der Waals surface area contributed by atoms with Crippen LogP contribution in [0.1, 0.15) is 52.9 Å². The zero-order chi connectivity index (χ0) is 27.4. The molecule has 3 saturated carbocycles. The number of fused-ring (bicyclic) bond motifs is 2. The minimum absolute atomic E-state index is 0.132. The minimum Gasteiger partial charge on any atom is -0.482 e. The quantitative estimate of drug-likeness (QED) is 0.266. The molecule has 2 amide bonds. The third kappa shape index (κ3) is 6.12. The van der Waals surface area contributed by atoms with Crippen LogP contribution in [0.2, 0.25) is 0 Å². The van der Waals surface area contributed by atoms with Crippen LogP contribution in [-0.2, 0) is 9.59 Å². The van der Waals surface area contributed by atoms with E-state index in [1.54, 1.807) is 17.1 Å². The Morgan fingerprint density at radius 3 is 2.68 bits per heavy atom. The summed E-state index contributed by atoms with van der Waals surface area (Å²) in [4.78, 5) is 28.4. The maximum absolute atomic E-state index is 13.6. The molecule has 8 heteroatoms. The Kier molecular flexibility index (Phi) is 9.58. The van der Waals surface area contributed by atoms with Crippen molar-refractivity contribution in [2.24, 2.45) is 23.2 Å². The van der Waals surface area contributed by atoms with E-state index in [9.17, 15) is 19.8 Å². The summed E-state index contributed by atoms with van der Waals surface area (Å²) < 4.78 is 7.15. The van der Waals surface area contributed by atoms with Gasteiger partial charge in [0.2, 0.25) is 11.8 Å². The molecule has 1 aromatic carbocycles. The number of allylic oxidation sites excluding steroid dienone is 1. The number of ether oxygens (including phenoxy) is 1. The van der Waals surface area contributed by atoms with E-state index in [0.717, 1.165) is 22.3 Å². The van der Waals surface area contributed by atoms with E-state index >= 15 is 0 Å². The highest BCUT2D eigenvalue weighted by Gasteiger charge is 2.55. The molecular weight excluding hydrogens is 595 g/mol. The van der Waals surface area contributed by atoms with Crippen molar-refractivity contribution in [1.82, 2.24) is 10.2 Å². The van der Waals surface area contributed by atoms with Gasteiger partial charge in [-0.3, -0.25) is 9.59 Å². The van der Waals surface area contributed by atoms with Gasteiger partial charge in [0.05, 0.1) is 16.2 Å². The smallest absolute Gasteiger partial charge is 0.247 e. The number of nitrogens with one attached hydrogen (secondary N) is 1. The Morgan fingerprint density at radius 1 is 1.26 bits per heavy atom. The molecule has 0 aromatic heterocycles. The monoisotopic (exact) mass is 636 g/mol. The normalized spacial score (nSPS) is 29.8. The molecule has 4 aliphatic rings. The Labute approximate surface area is 239 Å². The second-order valence-electron chi connectivity index (χ2n) is 11.4. The zero-order valence-electron chi connectivity index (χ0n) is 22.6. The summed E-state index contributed by atoms with van der Waals surface area (Å²) in [7, 11) is 0. The number of amides is 2. The maximum atomic E-state index is 13.6. The molecule has 6 unspecified atom stereocenters. The summed E-state index contributed by atoms with van der Waals surface area (Å²) in [6, 6.07) is 6.92. The van der Waals surface area contributed by atoms with Crippen LogP contribution in [0, 0.1) is 26.7 Å². The number of benzene rings is 1. The van der Waals surface area contributed by atoms with Crippen LogP contribution in [0.15, 0.2) is 48.1 Å². The Hall–Kier alpha value is -1.91. The highest BCUT2D eigenvalue weighted by molar-refractivity contribution is 14.1. The summed E-state index contributed by atoms with van der Waals surface area (Å²) in [6.07, 6.45) is 7.70. The summed E-state index contributed by atoms with van der Waals surface area (Å²) in [5.74, 6) is 1.82. The highest BCUT2D eigenvalue weighted by atomic mass is 127. The van der Waals surface area contributed by atoms with Gasteiger partial charge in [-0.2, -0.15) is 0 Å². The van der Waals surface area contributed by atoms with Crippen LogP contribution >= 0.6 is 22.6 Å². The van der Waals surface area contributed by atoms with Crippen molar-refractivity contribution in [3.05, 3.63) is 51.6 Å². The second kappa shape index (κ2) is 12.5. The Balaban J connectivity index is 1.65. The van der Waals surface area contributed by atoms with Gasteiger partial charge in [0.1, 0.15) is 18.0 Å². The van der Waals surface area contributed by atoms with Gasteiger partial charge in [0, 0.05) is 25.1 Å². The molecule has 3 N–H and O–H groups in total. The molecule has 3 fully saturated rings. The molecular formula is C30H41IN2O5. The standard InChI is InChI=1S/C30H41IN2O5/c1-4-5-10-27(35)33(18-19-11-12-21-17-22(19)30(21,2)3)24-15-20(29(37)32-13-14-34)16-26(28(24)36)38-25-9-7-6-8-23(25)31/h5-10,16,19,21-22,24,26,28,34,36H,4,11-15,17-18H2,1-3H3,(H,32,37). The van der Waals surface area contributed by atoms with Crippen LogP contribution < -0.4 is 10.1 Å². The predicted molar refractivity (Wildman–Crippen MR) is 155 cm³/mol. The van der Waals surface area contributed by atoms with Crippen molar-refractivity contribution in [2.75, 3.05) is 19.7 Å². The lowest BCUT2D eigenvalue weighted by molar-refractivity contribution is -0.143. The number of aliphatic hydroxyl groups excluding tert-OH is 2. The highest BCUT2D eigenvalue weighted by Crippen LogP contribution is 2.61. The molecule has 6 atom stereocenters. The van der Waals surface area contributed by atoms with Crippen LogP contribution in [0.4, 0.5) is 0 Å². The van der Waals surface area contributed by atoms with Crippen molar-refractivity contribution in [1.29, 1.82) is 0 Å². The van der Waals surface area contributed by atoms with Gasteiger partial charge in [-0.15, -0.1) is 0 Å². The van der Waals surface area contributed by atoms with E-state index in [-0.39, 0.29) is 36.8 Å². The summed E-state index contributed by atoms with van der Waals surface area (Å²) in [6.45, 7) is 7.19. The molecule has 7 nitrogen and oxygen atoms in total. The van der Waals surface area contributed by atoms with Gasteiger partial charge in [0.25, 0.3) is 0 Å². The summed E-state index contributed by atoms with van der Waals surface area (Å²) in [5, 5.41) is 23.6. The van der Waals surface area contributed by atoms with Crippen LogP contribution in [-0.4, -0.2) is 64.9 Å². The first-order chi connectivity index (χ1) is 18.2. The third-order valence-electron chi connectivity index (χ3n) is 8.93. The number of halogens is 1. The molecule has 0 heterocycles. The van der Waals surface area contributed by atoms with Gasteiger partial charge in [-0.05, 0) is 95.7 Å². The van der Waals surface area contributed by atoms with Gasteiger partial charge < -0.3 is 25.2 Å². The average Bonchev–Trinajstić information content (AvgIpc) is 2.91. The lowest BCUT2D eigenvalue weighted by atomic mass is 9.45. The number of para-hydroxylation sites is 1. The van der Waals surface area contributed by atoms with Crippen molar-refractivity contribution in [3.8, 4) is 5.75 Å². The minimum atomic E-state index is -1.01. The summed E-state index contributed by atoms with van der Waals surface area (Å²) in [5.41, 5.74) is 0.724. The predicted octanol–water partition coefficient (Wildman–Crippen LogP) is 4.07. The molecule has 5 rings (SSSR count). The van der Waals surface area contributed by atoms with Gasteiger partial charge in [-0.1, -0.05) is 39.0 Å². The average molecular weight is 637 g/mol. The van der Waals surface area contributed by atoms with Gasteiger partial charge in [0.15, 0.2) is 0 Å². The van der Waals surface area contributed by atoms with Crippen molar-refractivity contribution >= 4 is 34.4 Å². The first-order valence-corrected chi connectivity index (χ1v) is 14.9. The Bertz CT molecular complexity index is 1070. The lowest BCUT2D eigenvalue weighted by Crippen LogP contribution is -2.59. The fraction of sp³-hybridized carbons (Fsp3) is 0.600. The second-order valence-corrected chi connectivity index (χ2v) is 12.6. The van der Waals surface area contributed by atoms with E-state index in [1.165, 1.54) is 12.8 Å². The van der Waals surface area contributed by atoms with Crippen LogP contribution in [0.3, 0.4) is 0 Å². The summed E-state index contributed by atoms with van der Waals surface area (Å²) >= 11 is 2.18. The molecule has 2 bridgehead atoms. The fourth-order valence-electron chi connectivity index (χ4n) is 6.60. The molecule has 0 radical (unpaired) electrons. The SMILES string of the molecule is CCC=CC(=O)N(CC1CCC2CC1C2(C)C)C1CC(C(=O)NCCO)=CC(Oc2ccccc2I)C1O. The molecule has 1 aromatic rings. The molecule has 0 saturated heterocycles. The molecule has 0 spiro atoms. The number of hydrogen-bond donors (Lipinski definition) is 3. The molecule has 0 aliphatic heterocycles. The largest absolute Gasteiger partial charge is 0.482 e. The van der Waals surface area contributed by atoms with E-state index in [0.29, 0.717) is 29.7 Å². The lowest BCUT2D eigenvalue weighted by Gasteiger charge is -2.61. The third-order valence-corrected chi connectivity index (χ3v) is 9.82. The molecule has 4 aliphatic carbocycles. The maximum Gasteiger partial charge on any atom is 0.247 e. The first-order valence-electron chi connectivity index (χ1n) is 13.8. The zero-order valence-corrected chi connectivity index (χ0v) is 24.8. The van der Waals surface area contributed by atoms with Gasteiger partial charge >= 0.3 is 0 Å². The molecule has 208 valence electrons. The number of carbonyl (C=O) groups excluding carboxylic acids is 2. The number of nitrogens with zero attached hydrogens (tertiary/aromatic N) is 1. The van der Waals surface area contributed by atoms with Gasteiger partial charge in [-0.25, -0.2) is 0 Å². The van der Waals surface area contributed by atoms with Crippen LogP contribution in [0.25, 0.3) is 0 Å². The van der Waals surface area contributed by atoms with E-state index < -0.39 is 18.2 Å². The number of rotatable bonds is 10. The Morgan fingerprint density at radius 2 is 2.03 bits per heavy atom. The first kappa shape index (κ1) is 29.1. The van der Waals surface area contributed by atoms with Crippen molar-refractivity contribution in [2.45, 2.75) is 71.1 Å². The van der Waals surface area contributed by atoms with Crippen LogP contribution in [0.5, 0.6) is 5.75 Å². The number of hydrogen-bond acceptors (Lipinski definition) is 5. The molecule has 38 heavy (non-hydrogen) atoms. The van der Waals surface area contributed by atoms with E-state index in [4.69, 9.17) is 4.74 Å². The van der Waals surface area contributed by atoms with E-state index in [1.807, 2.05) is 37.3 Å². The van der Waals surface area contributed by atoms with Crippen molar-refractivity contribution < 1.29 is 24.5 Å². The topological polar surface area (TPSA) is 99.1 Å². The van der Waals surface area contributed by atoms with E-state index in [2.05, 4.69) is 41.8 Å².